The molecular weight excluding hydrogens is 286 g/mol. The fraction of sp³-hybridized carbons (Fsp3) is 0.583. The molecule has 1 unspecified atom stereocenters. The lowest BCUT2D eigenvalue weighted by Crippen LogP contribution is -2.44. The Balaban J connectivity index is 2.94. The molecule has 1 aromatic rings. The van der Waals surface area contributed by atoms with Crippen LogP contribution in [0.2, 0.25) is 5.15 Å². The molecule has 0 aliphatic rings. The zero-order chi connectivity index (χ0) is 14.6. The van der Waals surface area contributed by atoms with Crippen molar-refractivity contribution in [3.05, 3.63) is 23.5 Å². The van der Waals surface area contributed by atoms with Crippen molar-refractivity contribution in [2.75, 3.05) is 20.6 Å². The standard InChI is InChI=1S/C12H20ClN3O2S/c1-9(2)11(8-16(3)4)15-19(17,18)10-5-6-14-12(13)7-10/h5-7,9,11,15H,8H2,1-4H3. The van der Waals surface area contributed by atoms with Crippen molar-refractivity contribution in [3.63, 3.8) is 0 Å². The van der Waals surface area contributed by atoms with Crippen molar-refractivity contribution in [2.45, 2.75) is 24.8 Å². The second kappa shape index (κ2) is 6.65. The maximum absolute atomic E-state index is 12.3. The van der Waals surface area contributed by atoms with Gasteiger partial charge in [-0.15, -0.1) is 0 Å². The van der Waals surface area contributed by atoms with Crippen molar-refractivity contribution in [3.8, 4) is 0 Å². The van der Waals surface area contributed by atoms with E-state index in [1.807, 2.05) is 32.8 Å². The minimum atomic E-state index is -3.57. The van der Waals surface area contributed by atoms with Gasteiger partial charge in [-0.3, -0.25) is 0 Å². The molecule has 0 aliphatic carbocycles. The van der Waals surface area contributed by atoms with E-state index in [0.29, 0.717) is 6.54 Å². The highest BCUT2D eigenvalue weighted by atomic mass is 35.5. The predicted octanol–water partition coefficient (Wildman–Crippen LogP) is 1.60. The lowest BCUT2D eigenvalue weighted by molar-refractivity contribution is 0.314. The molecule has 0 saturated heterocycles. The van der Waals surface area contributed by atoms with Crippen molar-refractivity contribution < 1.29 is 8.42 Å². The molecule has 0 bridgehead atoms. The zero-order valence-electron chi connectivity index (χ0n) is 11.6. The third-order valence-corrected chi connectivity index (χ3v) is 4.38. The van der Waals surface area contributed by atoms with E-state index in [4.69, 9.17) is 11.6 Å². The third kappa shape index (κ3) is 5.06. The van der Waals surface area contributed by atoms with E-state index >= 15 is 0 Å². The van der Waals surface area contributed by atoms with Crippen molar-refractivity contribution in [2.24, 2.45) is 5.92 Å². The quantitative estimate of drug-likeness (QED) is 0.811. The van der Waals surface area contributed by atoms with E-state index in [0.717, 1.165) is 0 Å². The van der Waals surface area contributed by atoms with Gasteiger partial charge >= 0.3 is 0 Å². The molecule has 0 spiro atoms. The van der Waals surface area contributed by atoms with E-state index in [1.165, 1.54) is 18.3 Å². The Bertz CT molecular complexity index is 517. The minimum Gasteiger partial charge on any atom is -0.308 e. The Labute approximate surface area is 120 Å². The summed E-state index contributed by atoms with van der Waals surface area (Å²) in [5, 5.41) is 0.164. The summed E-state index contributed by atoms with van der Waals surface area (Å²) in [5.74, 6) is 0.189. The molecule has 0 saturated carbocycles. The summed E-state index contributed by atoms with van der Waals surface area (Å²) in [7, 11) is 0.246. The van der Waals surface area contributed by atoms with Gasteiger partial charge in [-0.1, -0.05) is 25.4 Å². The van der Waals surface area contributed by atoms with E-state index in [1.54, 1.807) is 0 Å². The number of hydrogen-bond donors (Lipinski definition) is 1. The number of sulfonamides is 1. The molecule has 0 amide bonds. The van der Waals surface area contributed by atoms with E-state index in [9.17, 15) is 8.42 Å². The Hall–Kier alpha value is -0.690. The van der Waals surface area contributed by atoms with Gasteiger partial charge in [-0.25, -0.2) is 18.1 Å². The second-order valence-corrected chi connectivity index (χ2v) is 7.15. The summed E-state index contributed by atoms with van der Waals surface area (Å²) in [6, 6.07) is 2.62. The van der Waals surface area contributed by atoms with Crippen LogP contribution in [0.3, 0.4) is 0 Å². The number of pyridine rings is 1. The van der Waals surface area contributed by atoms with Gasteiger partial charge in [0.15, 0.2) is 0 Å². The first-order chi connectivity index (χ1) is 8.72. The summed E-state index contributed by atoms with van der Waals surface area (Å²) in [6.45, 7) is 4.60. The Morgan fingerprint density at radius 1 is 1.42 bits per heavy atom. The molecule has 7 heteroatoms. The second-order valence-electron chi connectivity index (χ2n) is 5.05. The molecule has 1 N–H and O–H groups in total. The number of nitrogens with one attached hydrogen (secondary N) is 1. The van der Waals surface area contributed by atoms with Crippen molar-refractivity contribution in [1.29, 1.82) is 0 Å². The van der Waals surface area contributed by atoms with Crippen LogP contribution in [-0.4, -0.2) is 45.0 Å². The summed E-state index contributed by atoms with van der Waals surface area (Å²) in [6.07, 6.45) is 1.38. The Morgan fingerprint density at radius 2 is 2.05 bits per heavy atom. The van der Waals surface area contributed by atoms with Gasteiger partial charge in [0, 0.05) is 18.8 Å². The molecule has 0 aliphatic heterocycles. The molecule has 0 fully saturated rings. The highest BCUT2D eigenvalue weighted by Gasteiger charge is 2.23. The summed E-state index contributed by atoms with van der Waals surface area (Å²) in [4.78, 5) is 5.87. The van der Waals surface area contributed by atoms with Crippen LogP contribution in [0, 0.1) is 5.92 Å². The largest absolute Gasteiger partial charge is 0.308 e. The van der Waals surface area contributed by atoms with E-state index in [2.05, 4.69) is 9.71 Å². The lowest BCUT2D eigenvalue weighted by Gasteiger charge is -2.25. The number of halogens is 1. The van der Waals surface area contributed by atoms with Gasteiger partial charge in [-0.05, 0) is 32.1 Å². The van der Waals surface area contributed by atoms with Gasteiger partial charge in [0.05, 0.1) is 4.90 Å². The van der Waals surface area contributed by atoms with E-state index in [-0.39, 0.29) is 22.0 Å². The van der Waals surface area contributed by atoms with Gasteiger partial charge in [-0.2, -0.15) is 0 Å². The smallest absolute Gasteiger partial charge is 0.241 e. The molecule has 0 radical (unpaired) electrons. The minimum absolute atomic E-state index is 0.136. The fourth-order valence-electron chi connectivity index (χ4n) is 1.60. The molecule has 19 heavy (non-hydrogen) atoms. The average molecular weight is 306 g/mol. The first kappa shape index (κ1) is 16.4. The maximum Gasteiger partial charge on any atom is 0.241 e. The molecule has 5 nitrogen and oxygen atoms in total. The predicted molar refractivity (Wildman–Crippen MR) is 76.7 cm³/mol. The van der Waals surface area contributed by atoms with Gasteiger partial charge < -0.3 is 4.90 Å². The van der Waals surface area contributed by atoms with E-state index < -0.39 is 10.0 Å². The molecule has 1 aromatic heterocycles. The highest BCUT2D eigenvalue weighted by molar-refractivity contribution is 7.89. The normalized spacial score (nSPS) is 14.1. The maximum atomic E-state index is 12.3. The summed E-state index contributed by atoms with van der Waals surface area (Å²) < 4.78 is 27.2. The molecule has 1 heterocycles. The number of likely N-dealkylation sites (N-methyl/N-ethyl adjacent to an activating group) is 1. The Kier molecular flexibility index (Phi) is 5.73. The number of nitrogens with zero attached hydrogens (tertiary/aromatic N) is 2. The SMILES string of the molecule is CC(C)C(CN(C)C)NS(=O)(=O)c1ccnc(Cl)c1. The lowest BCUT2D eigenvalue weighted by atomic mass is 10.1. The van der Waals surface area contributed by atoms with Crippen LogP contribution >= 0.6 is 11.6 Å². The third-order valence-electron chi connectivity index (χ3n) is 2.68. The molecule has 108 valence electrons. The van der Waals surface area contributed by atoms with Crippen molar-refractivity contribution >= 4 is 21.6 Å². The molecule has 0 aromatic carbocycles. The van der Waals surface area contributed by atoms with Crippen LogP contribution in [0.5, 0.6) is 0 Å². The van der Waals surface area contributed by atoms with Gasteiger partial charge in [0.25, 0.3) is 0 Å². The van der Waals surface area contributed by atoms with Crippen molar-refractivity contribution in [1.82, 2.24) is 14.6 Å². The van der Waals surface area contributed by atoms with Crippen LogP contribution < -0.4 is 4.72 Å². The van der Waals surface area contributed by atoms with Crippen LogP contribution in [0.1, 0.15) is 13.8 Å². The zero-order valence-corrected chi connectivity index (χ0v) is 13.2. The summed E-state index contributed by atoms with van der Waals surface area (Å²) >= 11 is 5.72. The van der Waals surface area contributed by atoms with Gasteiger partial charge in [0.1, 0.15) is 5.15 Å². The Morgan fingerprint density at radius 3 is 2.53 bits per heavy atom. The van der Waals surface area contributed by atoms with Gasteiger partial charge in [0.2, 0.25) is 10.0 Å². The topological polar surface area (TPSA) is 62.3 Å². The monoisotopic (exact) mass is 305 g/mol. The number of rotatable bonds is 6. The first-order valence-electron chi connectivity index (χ1n) is 6.01. The number of hydrogen-bond acceptors (Lipinski definition) is 4. The number of aromatic nitrogens is 1. The molecule has 1 rings (SSSR count). The van der Waals surface area contributed by atoms with Crippen LogP contribution in [-0.2, 0) is 10.0 Å². The van der Waals surface area contributed by atoms with Crippen LogP contribution in [0.15, 0.2) is 23.2 Å². The first-order valence-corrected chi connectivity index (χ1v) is 7.87. The van der Waals surface area contributed by atoms with Crippen LogP contribution in [0.4, 0.5) is 0 Å². The molecular formula is C12H20ClN3O2S. The van der Waals surface area contributed by atoms with Crippen LogP contribution in [0.25, 0.3) is 0 Å². The molecule has 1 atom stereocenters. The highest BCUT2D eigenvalue weighted by Crippen LogP contribution is 2.14. The summed E-state index contributed by atoms with van der Waals surface area (Å²) in [5.41, 5.74) is 0. The fourth-order valence-corrected chi connectivity index (χ4v) is 3.22. The average Bonchev–Trinajstić information content (AvgIpc) is 2.27.